The zero-order valence-corrected chi connectivity index (χ0v) is 10.00. The predicted molar refractivity (Wildman–Crippen MR) is 65.9 cm³/mol. The van der Waals surface area contributed by atoms with Gasteiger partial charge in [-0.3, -0.25) is 0 Å². The number of aromatic nitrogens is 2. The van der Waals surface area contributed by atoms with Gasteiger partial charge in [0.25, 0.3) is 0 Å². The van der Waals surface area contributed by atoms with Gasteiger partial charge in [0, 0.05) is 5.56 Å². The Morgan fingerprint density at radius 2 is 2.24 bits per heavy atom. The largest absolute Gasteiger partial charge is 0.341 e. The van der Waals surface area contributed by atoms with Crippen LogP contribution in [0.5, 0.6) is 0 Å². The van der Waals surface area contributed by atoms with Crippen molar-refractivity contribution in [2.75, 3.05) is 0 Å². The zero-order valence-electron chi connectivity index (χ0n) is 10.00. The number of H-pyrrole nitrogens is 1. The van der Waals surface area contributed by atoms with E-state index in [9.17, 15) is 4.39 Å². The molecule has 2 rings (SSSR count). The van der Waals surface area contributed by atoms with Crippen molar-refractivity contribution in [1.29, 1.82) is 0 Å². The minimum atomic E-state index is -0.196. The predicted octanol–water partition coefficient (Wildman–Crippen LogP) is 2.93. The van der Waals surface area contributed by atoms with Crippen LogP contribution in [0.2, 0.25) is 0 Å². The average molecular weight is 233 g/mol. The second-order valence-electron chi connectivity index (χ2n) is 4.16. The van der Waals surface area contributed by atoms with Gasteiger partial charge >= 0.3 is 0 Å². The Kier molecular flexibility index (Phi) is 3.24. The normalized spacial score (nSPS) is 12.7. The number of aryl methyl sites for hydroxylation is 1. The summed E-state index contributed by atoms with van der Waals surface area (Å²) in [5.74, 6) is 0.572. The van der Waals surface area contributed by atoms with Gasteiger partial charge < -0.3 is 10.7 Å². The van der Waals surface area contributed by atoms with Crippen molar-refractivity contribution in [3.05, 3.63) is 41.6 Å². The SMILES string of the molecule is CC[C@@H](N)c1ncc(-c2ccc(F)c(C)c2)[nH]1. The van der Waals surface area contributed by atoms with Gasteiger partial charge in [0.2, 0.25) is 0 Å². The number of benzene rings is 1. The lowest BCUT2D eigenvalue weighted by molar-refractivity contribution is 0.618. The first-order valence-electron chi connectivity index (χ1n) is 5.68. The van der Waals surface area contributed by atoms with Crippen LogP contribution in [0.25, 0.3) is 11.3 Å². The summed E-state index contributed by atoms with van der Waals surface area (Å²) < 4.78 is 13.2. The summed E-state index contributed by atoms with van der Waals surface area (Å²) >= 11 is 0. The van der Waals surface area contributed by atoms with Gasteiger partial charge in [0.15, 0.2) is 0 Å². The first kappa shape index (κ1) is 11.8. The van der Waals surface area contributed by atoms with Crippen molar-refractivity contribution >= 4 is 0 Å². The van der Waals surface area contributed by atoms with Gasteiger partial charge in [0.1, 0.15) is 11.6 Å². The third-order valence-electron chi connectivity index (χ3n) is 2.86. The summed E-state index contributed by atoms with van der Waals surface area (Å²) in [5.41, 5.74) is 8.30. The number of aromatic amines is 1. The standard InChI is InChI=1S/C13H16FN3/c1-3-11(15)13-16-7-12(17-13)9-4-5-10(14)8(2)6-9/h4-7,11H,3,15H2,1-2H3,(H,16,17)/t11-/m1/s1. The fourth-order valence-corrected chi connectivity index (χ4v) is 1.68. The Balaban J connectivity index is 2.33. The van der Waals surface area contributed by atoms with Crippen molar-refractivity contribution < 1.29 is 4.39 Å². The Hall–Kier alpha value is -1.68. The number of halogens is 1. The lowest BCUT2D eigenvalue weighted by Gasteiger charge is -2.04. The molecule has 1 heterocycles. The van der Waals surface area contributed by atoms with Gasteiger partial charge in [-0.05, 0) is 37.1 Å². The number of hydrogen-bond donors (Lipinski definition) is 2. The third kappa shape index (κ3) is 2.36. The van der Waals surface area contributed by atoms with Crippen molar-refractivity contribution in [2.24, 2.45) is 5.73 Å². The number of nitrogens with one attached hydrogen (secondary N) is 1. The van der Waals surface area contributed by atoms with Crippen LogP contribution in [0, 0.1) is 12.7 Å². The lowest BCUT2D eigenvalue weighted by atomic mass is 10.1. The molecular formula is C13H16FN3. The molecule has 90 valence electrons. The van der Waals surface area contributed by atoms with E-state index in [0.717, 1.165) is 23.5 Å². The highest BCUT2D eigenvalue weighted by atomic mass is 19.1. The molecule has 0 saturated carbocycles. The molecule has 0 spiro atoms. The number of hydrogen-bond acceptors (Lipinski definition) is 2. The van der Waals surface area contributed by atoms with Gasteiger partial charge in [0.05, 0.1) is 17.9 Å². The second-order valence-corrected chi connectivity index (χ2v) is 4.16. The highest BCUT2D eigenvalue weighted by Gasteiger charge is 2.09. The second kappa shape index (κ2) is 4.67. The maximum Gasteiger partial charge on any atom is 0.126 e. The van der Waals surface area contributed by atoms with E-state index in [1.165, 1.54) is 6.07 Å². The van der Waals surface area contributed by atoms with E-state index >= 15 is 0 Å². The van der Waals surface area contributed by atoms with Crippen LogP contribution in [0.4, 0.5) is 4.39 Å². The van der Waals surface area contributed by atoms with E-state index < -0.39 is 0 Å². The fraction of sp³-hybridized carbons (Fsp3) is 0.308. The van der Waals surface area contributed by atoms with Gasteiger partial charge in [-0.15, -0.1) is 0 Å². The molecule has 0 aliphatic rings. The first-order valence-corrected chi connectivity index (χ1v) is 5.68. The van der Waals surface area contributed by atoms with Crippen LogP contribution < -0.4 is 5.73 Å². The van der Waals surface area contributed by atoms with Crippen molar-refractivity contribution in [3.8, 4) is 11.3 Å². The molecule has 0 amide bonds. The third-order valence-corrected chi connectivity index (χ3v) is 2.86. The molecule has 0 fully saturated rings. The molecule has 2 aromatic rings. The molecule has 1 aromatic carbocycles. The monoisotopic (exact) mass is 233 g/mol. The van der Waals surface area contributed by atoms with Gasteiger partial charge in [-0.1, -0.05) is 6.92 Å². The minimum Gasteiger partial charge on any atom is -0.341 e. The number of nitrogens with two attached hydrogens (primary N) is 1. The Morgan fingerprint density at radius 3 is 2.88 bits per heavy atom. The van der Waals surface area contributed by atoms with Crippen LogP contribution >= 0.6 is 0 Å². The average Bonchev–Trinajstić information content (AvgIpc) is 2.81. The molecule has 0 saturated heterocycles. The molecule has 0 unspecified atom stereocenters. The Labute approximate surface area is 99.9 Å². The molecule has 17 heavy (non-hydrogen) atoms. The lowest BCUT2D eigenvalue weighted by Crippen LogP contribution is -2.10. The molecule has 0 radical (unpaired) electrons. The van der Waals surface area contributed by atoms with Crippen molar-refractivity contribution in [2.45, 2.75) is 26.3 Å². The van der Waals surface area contributed by atoms with Crippen LogP contribution in [0.3, 0.4) is 0 Å². The van der Waals surface area contributed by atoms with Gasteiger partial charge in [-0.25, -0.2) is 9.37 Å². The van der Waals surface area contributed by atoms with Crippen molar-refractivity contribution in [3.63, 3.8) is 0 Å². The summed E-state index contributed by atoms with van der Waals surface area (Å²) in [4.78, 5) is 7.41. The molecule has 3 nitrogen and oxygen atoms in total. The Morgan fingerprint density at radius 1 is 1.47 bits per heavy atom. The van der Waals surface area contributed by atoms with E-state index in [1.54, 1.807) is 25.3 Å². The van der Waals surface area contributed by atoms with Crippen LogP contribution in [-0.4, -0.2) is 9.97 Å². The zero-order chi connectivity index (χ0) is 12.4. The first-order chi connectivity index (χ1) is 8.11. The van der Waals surface area contributed by atoms with Crippen LogP contribution in [0.1, 0.15) is 30.8 Å². The Bertz CT molecular complexity index is 519. The molecule has 1 atom stereocenters. The van der Waals surface area contributed by atoms with E-state index in [1.807, 2.05) is 6.92 Å². The van der Waals surface area contributed by atoms with E-state index in [2.05, 4.69) is 9.97 Å². The van der Waals surface area contributed by atoms with E-state index in [4.69, 9.17) is 5.73 Å². The fourth-order valence-electron chi connectivity index (χ4n) is 1.68. The highest BCUT2D eigenvalue weighted by Crippen LogP contribution is 2.21. The minimum absolute atomic E-state index is 0.0784. The quantitative estimate of drug-likeness (QED) is 0.856. The summed E-state index contributed by atoms with van der Waals surface area (Å²) in [7, 11) is 0. The molecule has 4 heteroatoms. The molecular weight excluding hydrogens is 217 g/mol. The summed E-state index contributed by atoms with van der Waals surface area (Å²) in [5, 5.41) is 0. The smallest absolute Gasteiger partial charge is 0.126 e. The topological polar surface area (TPSA) is 54.7 Å². The van der Waals surface area contributed by atoms with Crippen LogP contribution in [0.15, 0.2) is 24.4 Å². The molecule has 0 aliphatic heterocycles. The molecule has 3 N–H and O–H groups in total. The van der Waals surface area contributed by atoms with Crippen LogP contribution in [-0.2, 0) is 0 Å². The summed E-state index contributed by atoms with van der Waals surface area (Å²) in [6.07, 6.45) is 2.56. The van der Waals surface area contributed by atoms with Crippen molar-refractivity contribution in [1.82, 2.24) is 9.97 Å². The summed E-state index contributed by atoms with van der Waals surface area (Å²) in [6.45, 7) is 3.75. The molecule has 0 bridgehead atoms. The number of rotatable bonds is 3. The summed E-state index contributed by atoms with van der Waals surface area (Å²) in [6, 6.07) is 4.91. The maximum atomic E-state index is 13.2. The molecule has 1 aromatic heterocycles. The number of nitrogens with zero attached hydrogens (tertiary/aromatic N) is 1. The highest BCUT2D eigenvalue weighted by molar-refractivity contribution is 5.59. The van der Waals surface area contributed by atoms with E-state index in [-0.39, 0.29) is 11.9 Å². The maximum absolute atomic E-state index is 13.2. The van der Waals surface area contributed by atoms with E-state index in [0.29, 0.717) is 5.56 Å². The van der Waals surface area contributed by atoms with Gasteiger partial charge in [-0.2, -0.15) is 0 Å². The molecule has 0 aliphatic carbocycles. The number of imidazole rings is 1.